The predicted octanol–water partition coefficient (Wildman–Crippen LogP) is 1.87. The van der Waals surface area contributed by atoms with Crippen molar-refractivity contribution in [2.75, 3.05) is 6.54 Å². The fraction of sp³-hybridized carbons (Fsp3) is 0.500. The Morgan fingerprint density at radius 3 is 2.35 bits per heavy atom. The number of carbonyl (C=O) groups is 3. The number of rotatable bonds is 6. The molecule has 26 heavy (non-hydrogen) atoms. The van der Waals surface area contributed by atoms with Gasteiger partial charge in [0.2, 0.25) is 5.91 Å². The van der Waals surface area contributed by atoms with Crippen LogP contribution in [0, 0.1) is 5.82 Å². The summed E-state index contributed by atoms with van der Waals surface area (Å²) in [6, 6.07) is 4.50. The van der Waals surface area contributed by atoms with Crippen LogP contribution in [-0.4, -0.2) is 35.6 Å². The molecule has 142 valence electrons. The quantitative estimate of drug-likeness (QED) is 0.617. The predicted molar refractivity (Wildman–Crippen MR) is 92.9 cm³/mol. The zero-order chi connectivity index (χ0) is 19.2. The summed E-state index contributed by atoms with van der Waals surface area (Å²) in [4.78, 5) is 35.6. The van der Waals surface area contributed by atoms with Crippen LogP contribution in [0.4, 0.5) is 9.18 Å². The van der Waals surface area contributed by atoms with Crippen LogP contribution >= 0.6 is 0 Å². The first-order valence-corrected chi connectivity index (χ1v) is 8.66. The maximum atomic E-state index is 13.1. The second kappa shape index (κ2) is 8.64. The number of hydrogen-bond acceptors (Lipinski definition) is 3. The first-order valence-electron chi connectivity index (χ1n) is 8.66. The van der Waals surface area contributed by atoms with Gasteiger partial charge in [0.15, 0.2) is 5.54 Å². The molecule has 0 radical (unpaired) electrons. The zero-order valence-electron chi connectivity index (χ0n) is 14.7. The summed E-state index contributed by atoms with van der Waals surface area (Å²) in [5.41, 5.74) is -1.50. The Morgan fingerprint density at radius 1 is 1.15 bits per heavy atom. The highest BCUT2D eigenvalue weighted by atomic mass is 19.1. The van der Waals surface area contributed by atoms with E-state index < -0.39 is 29.3 Å². The third-order valence-electron chi connectivity index (χ3n) is 4.59. The highest BCUT2D eigenvalue weighted by Gasteiger charge is 2.36. The van der Waals surface area contributed by atoms with E-state index in [0.717, 1.165) is 37.8 Å². The average Bonchev–Trinajstić information content (AvgIpc) is 2.61. The maximum absolute atomic E-state index is 13.1. The van der Waals surface area contributed by atoms with Crippen molar-refractivity contribution in [3.8, 4) is 0 Å². The molecule has 1 fully saturated rings. The normalized spacial score (nSPS) is 17.0. The first kappa shape index (κ1) is 19.7. The number of hydrogen-bond donors (Lipinski definition) is 4. The Bertz CT molecular complexity index is 659. The number of benzene rings is 1. The summed E-state index contributed by atoms with van der Waals surface area (Å²) in [7, 11) is 0. The number of urea groups is 1. The van der Waals surface area contributed by atoms with E-state index in [1.54, 1.807) is 0 Å². The summed E-state index contributed by atoms with van der Waals surface area (Å²) in [6.45, 7) is 0.950. The summed E-state index contributed by atoms with van der Waals surface area (Å²) >= 11 is 0. The molecule has 0 bridgehead atoms. The average molecular weight is 365 g/mol. The summed E-state index contributed by atoms with van der Waals surface area (Å²) in [5.74, 6) is -2.45. The Labute approximate surface area is 151 Å². The van der Waals surface area contributed by atoms with Gasteiger partial charge in [-0.3, -0.25) is 4.79 Å². The van der Waals surface area contributed by atoms with Crippen LogP contribution in [0.2, 0.25) is 0 Å². The van der Waals surface area contributed by atoms with Crippen molar-refractivity contribution in [1.29, 1.82) is 0 Å². The molecule has 1 unspecified atom stereocenters. The van der Waals surface area contributed by atoms with E-state index in [-0.39, 0.29) is 18.2 Å². The third-order valence-corrected chi connectivity index (χ3v) is 4.59. The molecule has 2 rings (SSSR count). The van der Waals surface area contributed by atoms with E-state index in [0.29, 0.717) is 0 Å². The number of carbonyl (C=O) groups excluding carboxylic acids is 2. The van der Waals surface area contributed by atoms with Crippen molar-refractivity contribution in [1.82, 2.24) is 16.0 Å². The molecule has 1 aromatic rings. The number of nitrogens with one attached hydrogen (secondary N) is 3. The van der Waals surface area contributed by atoms with Gasteiger partial charge in [0.1, 0.15) is 5.82 Å². The lowest BCUT2D eigenvalue weighted by molar-refractivity contribution is -0.147. The second-order valence-electron chi connectivity index (χ2n) is 6.65. The maximum Gasteiger partial charge on any atom is 0.333 e. The fourth-order valence-corrected chi connectivity index (χ4v) is 3.00. The van der Waals surface area contributed by atoms with Gasteiger partial charge in [0.05, 0.1) is 6.54 Å². The minimum absolute atomic E-state index is 0.107. The fourth-order valence-electron chi connectivity index (χ4n) is 3.00. The zero-order valence-corrected chi connectivity index (χ0v) is 14.7. The van der Waals surface area contributed by atoms with E-state index >= 15 is 0 Å². The molecular weight excluding hydrogens is 341 g/mol. The molecule has 1 atom stereocenters. The second-order valence-corrected chi connectivity index (χ2v) is 6.65. The Morgan fingerprint density at radius 2 is 1.77 bits per heavy atom. The standard InChI is InChI=1S/C18H24FN3O4/c1-18(16(24)25,12-7-9-13(19)10-8-12)22-15(23)11-20-17(26)21-14-5-3-2-4-6-14/h7-10,14H,2-6,11H2,1H3,(H,22,23)(H,24,25)(H2,20,21,26). The Balaban J connectivity index is 1.90. The van der Waals surface area contributed by atoms with Crippen molar-refractivity contribution < 1.29 is 23.9 Å². The monoisotopic (exact) mass is 365 g/mol. The Hall–Kier alpha value is -2.64. The highest BCUT2D eigenvalue weighted by Crippen LogP contribution is 2.21. The van der Waals surface area contributed by atoms with Crippen LogP contribution in [0.25, 0.3) is 0 Å². The van der Waals surface area contributed by atoms with Gasteiger partial charge in [-0.2, -0.15) is 0 Å². The molecule has 0 aliphatic heterocycles. The van der Waals surface area contributed by atoms with E-state index in [1.165, 1.54) is 25.5 Å². The third kappa shape index (κ3) is 5.18. The van der Waals surface area contributed by atoms with Gasteiger partial charge < -0.3 is 21.1 Å². The van der Waals surface area contributed by atoms with Gasteiger partial charge in [-0.15, -0.1) is 0 Å². The van der Waals surface area contributed by atoms with Crippen LogP contribution in [0.5, 0.6) is 0 Å². The molecular formula is C18H24FN3O4. The number of amides is 3. The van der Waals surface area contributed by atoms with E-state index in [1.807, 2.05) is 0 Å². The van der Waals surface area contributed by atoms with Crippen LogP contribution in [0.3, 0.4) is 0 Å². The number of carboxylic acids is 1. The molecule has 1 aliphatic rings. The van der Waals surface area contributed by atoms with Crippen molar-refractivity contribution in [3.05, 3.63) is 35.6 Å². The van der Waals surface area contributed by atoms with Crippen molar-refractivity contribution in [2.45, 2.75) is 50.6 Å². The van der Waals surface area contributed by atoms with E-state index in [4.69, 9.17) is 0 Å². The lowest BCUT2D eigenvalue weighted by Crippen LogP contribution is -2.53. The van der Waals surface area contributed by atoms with Gasteiger partial charge in [-0.05, 0) is 37.5 Å². The van der Waals surface area contributed by atoms with Crippen LogP contribution in [-0.2, 0) is 15.1 Å². The summed E-state index contributed by atoms with van der Waals surface area (Å²) in [6.07, 6.45) is 5.14. The molecule has 8 heteroatoms. The number of carboxylic acid groups (broad SMARTS) is 1. The largest absolute Gasteiger partial charge is 0.479 e. The minimum atomic E-state index is -1.73. The molecule has 0 aromatic heterocycles. The van der Waals surface area contributed by atoms with E-state index in [9.17, 15) is 23.9 Å². The van der Waals surface area contributed by atoms with Crippen molar-refractivity contribution >= 4 is 17.9 Å². The lowest BCUT2D eigenvalue weighted by atomic mass is 9.92. The molecule has 0 saturated heterocycles. The first-order chi connectivity index (χ1) is 12.3. The highest BCUT2D eigenvalue weighted by molar-refractivity contribution is 5.90. The van der Waals surface area contributed by atoms with Gasteiger partial charge in [-0.25, -0.2) is 14.0 Å². The molecule has 1 saturated carbocycles. The summed E-state index contributed by atoms with van der Waals surface area (Å²) in [5, 5.41) is 17.1. The lowest BCUT2D eigenvalue weighted by Gasteiger charge is -2.27. The summed E-state index contributed by atoms with van der Waals surface area (Å²) < 4.78 is 13.1. The minimum Gasteiger partial charge on any atom is -0.479 e. The molecule has 7 nitrogen and oxygen atoms in total. The van der Waals surface area contributed by atoms with Crippen LogP contribution in [0.15, 0.2) is 24.3 Å². The number of halogens is 1. The van der Waals surface area contributed by atoms with Gasteiger partial charge in [0, 0.05) is 6.04 Å². The van der Waals surface area contributed by atoms with Crippen LogP contribution < -0.4 is 16.0 Å². The molecule has 4 N–H and O–H groups in total. The van der Waals surface area contributed by atoms with Gasteiger partial charge in [-0.1, -0.05) is 31.4 Å². The smallest absolute Gasteiger partial charge is 0.333 e. The van der Waals surface area contributed by atoms with E-state index in [2.05, 4.69) is 16.0 Å². The van der Waals surface area contributed by atoms with Crippen molar-refractivity contribution in [2.24, 2.45) is 0 Å². The number of aliphatic carboxylic acids is 1. The molecule has 1 aromatic carbocycles. The van der Waals surface area contributed by atoms with Crippen molar-refractivity contribution in [3.63, 3.8) is 0 Å². The van der Waals surface area contributed by atoms with Gasteiger partial charge >= 0.3 is 12.0 Å². The van der Waals surface area contributed by atoms with Gasteiger partial charge in [0.25, 0.3) is 0 Å². The topological polar surface area (TPSA) is 108 Å². The van der Waals surface area contributed by atoms with Crippen LogP contribution in [0.1, 0.15) is 44.6 Å². The molecule has 0 heterocycles. The molecule has 1 aliphatic carbocycles. The molecule has 3 amide bonds. The molecule has 0 spiro atoms. The SMILES string of the molecule is CC(NC(=O)CNC(=O)NC1CCCCC1)(C(=O)O)c1ccc(F)cc1. The Kier molecular flexibility index (Phi) is 6.54.